The normalized spacial score (nSPS) is 16.3. The van der Waals surface area contributed by atoms with Crippen LogP contribution < -0.4 is 10.6 Å². The molecule has 2 fully saturated rings. The minimum Gasteiger partial charge on any atom is -0.357 e. The molecular weight excluding hydrogens is 477 g/mol. The van der Waals surface area contributed by atoms with Crippen molar-refractivity contribution in [1.82, 2.24) is 20.4 Å². The second-order valence-electron chi connectivity index (χ2n) is 8.19. The van der Waals surface area contributed by atoms with Crippen LogP contribution in [0.25, 0.3) is 0 Å². The van der Waals surface area contributed by atoms with E-state index in [2.05, 4.69) is 22.5 Å². The summed E-state index contributed by atoms with van der Waals surface area (Å²) < 4.78 is 0. The Labute approximate surface area is 192 Å². The first kappa shape index (κ1) is 23.9. The maximum Gasteiger partial charge on any atom is 0.253 e. The van der Waals surface area contributed by atoms with Gasteiger partial charge in [-0.1, -0.05) is 12.1 Å². The van der Waals surface area contributed by atoms with E-state index < -0.39 is 0 Å². The summed E-state index contributed by atoms with van der Waals surface area (Å²) in [6.45, 7) is 6.81. The number of hydrogen-bond donors (Lipinski definition) is 2. The van der Waals surface area contributed by atoms with Crippen molar-refractivity contribution in [2.75, 3.05) is 40.3 Å². The number of aliphatic imine (C=N–C) groups is 1. The summed E-state index contributed by atoms with van der Waals surface area (Å²) >= 11 is 0. The fraction of sp³-hybridized carbons (Fsp3) is 0.636. The van der Waals surface area contributed by atoms with E-state index in [0.717, 1.165) is 43.1 Å². The van der Waals surface area contributed by atoms with Gasteiger partial charge in [0.2, 0.25) is 0 Å². The summed E-state index contributed by atoms with van der Waals surface area (Å²) in [5, 5.41) is 6.81. The molecule has 0 atom stereocenters. The van der Waals surface area contributed by atoms with E-state index in [9.17, 15) is 4.79 Å². The zero-order chi connectivity index (χ0) is 19.9. The first-order valence-corrected chi connectivity index (χ1v) is 10.6. The summed E-state index contributed by atoms with van der Waals surface area (Å²) in [6.07, 6.45) is 5.57. The molecule has 0 saturated heterocycles. The van der Waals surface area contributed by atoms with Gasteiger partial charge in [0.05, 0.1) is 6.54 Å². The summed E-state index contributed by atoms with van der Waals surface area (Å²) in [4.78, 5) is 20.9. The molecule has 0 heterocycles. The van der Waals surface area contributed by atoms with Gasteiger partial charge in [0, 0.05) is 51.9 Å². The molecule has 162 valence electrons. The van der Waals surface area contributed by atoms with Crippen LogP contribution in [0.4, 0.5) is 0 Å². The average molecular weight is 513 g/mol. The van der Waals surface area contributed by atoms with E-state index in [1.165, 1.54) is 32.2 Å². The molecule has 0 spiro atoms. The number of hydrogen-bond acceptors (Lipinski definition) is 3. The number of amides is 1. The summed E-state index contributed by atoms with van der Waals surface area (Å²) in [5.74, 6) is 1.83. The van der Waals surface area contributed by atoms with Crippen LogP contribution in [0.3, 0.4) is 0 Å². The SMILES string of the molecule is CCNC(=NCc1ccc(C(=O)N(C)C)cc1)NCCN(CC1CC1)C1CC1.I. The predicted molar refractivity (Wildman–Crippen MR) is 130 cm³/mol. The molecule has 29 heavy (non-hydrogen) atoms. The lowest BCUT2D eigenvalue weighted by Crippen LogP contribution is -2.42. The molecule has 6 nitrogen and oxygen atoms in total. The van der Waals surface area contributed by atoms with Crippen molar-refractivity contribution in [3.63, 3.8) is 0 Å². The highest BCUT2D eigenvalue weighted by Gasteiger charge is 2.33. The molecule has 7 heteroatoms. The molecular formula is C22H36IN5O. The minimum absolute atomic E-state index is 0. The maximum atomic E-state index is 12.0. The first-order chi connectivity index (χ1) is 13.6. The number of carbonyl (C=O) groups excluding carboxylic acids is 1. The van der Waals surface area contributed by atoms with Gasteiger partial charge in [-0.05, 0) is 56.2 Å². The Bertz CT molecular complexity index is 668. The third-order valence-electron chi connectivity index (χ3n) is 5.32. The zero-order valence-electron chi connectivity index (χ0n) is 18.0. The predicted octanol–water partition coefficient (Wildman–Crippen LogP) is 2.94. The van der Waals surface area contributed by atoms with Crippen molar-refractivity contribution in [3.8, 4) is 0 Å². The van der Waals surface area contributed by atoms with Crippen molar-refractivity contribution in [1.29, 1.82) is 0 Å². The Morgan fingerprint density at radius 1 is 1.10 bits per heavy atom. The van der Waals surface area contributed by atoms with Gasteiger partial charge in [-0.15, -0.1) is 24.0 Å². The number of guanidine groups is 1. The lowest BCUT2D eigenvalue weighted by Gasteiger charge is -2.22. The van der Waals surface area contributed by atoms with E-state index in [4.69, 9.17) is 4.99 Å². The zero-order valence-corrected chi connectivity index (χ0v) is 20.3. The minimum atomic E-state index is 0. The highest BCUT2D eigenvalue weighted by Crippen LogP contribution is 2.34. The van der Waals surface area contributed by atoms with Crippen LogP contribution in [0.5, 0.6) is 0 Å². The van der Waals surface area contributed by atoms with Crippen LogP contribution in [-0.2, 0) is 6.54 Å². The Hall–Kier alpha value is -1.35. The Morgan fingerprint density at radius 2 is 1.79 bits per heavy atom. The van der Waals surface area contributed by atoms with Gasteiger partial charge in [-0.3, -0.25) is 9.69 Å². The molecule has 1 amide bonds. The molecule has 0 aliphatic heterocycles. The number of nitrogens with zero attached hydrogens (tertiary/aromatic N) is 3. The number of halogens is 1. The van der Waals surface area contributed by atoms with Crippen molar-refractivity contribution in [2.24, 2.45) is 10.9 Å². The van der Waals surface area contributed by atoms with Crippen LogP contribution in [0, 0.1) is 5.92 Å². The van der Waals surface area contributed by atoms with Crippen LogP contribution in [-0.4, -0.2) is 68.0 Å². The molecule has 1 aromatic rings. The number of carbonyl (C=O) groups is 1. The third-order valence-corrected chi connectivity index (χ3v) is 5.32. The first-order valence-electron chi connectivity index (χ1n) is 10.6. The molecule has 2 aliphatic carbocycles. The van der Waals surface area contributed by atoms with Gasteiger partial charge in [0.25, 0.3) is 5.91 Å². The van der Waals surface area contributed by atoms with Gasteiger partial charge in [0.15, 0.2) is 5.96 Å². The molecule has 0 radical (unpaired) electrons. The molecule has 3 rings (SSSR count). The van der Waals surface area contributed by atoms with Gasteiger partial charge in [-0.25, -0.2) is 4.99 Å². The van der Waals surface area contributed by atoms with Crippen molar-refractivity contribution in [2.45, 2.75) is 45.2 Å². The lowest BCUT2D eigenvalue weighted by molar-refractivity contribution is 0.0827. The van der Waals surface area contributed by atoms with Crippen molar-refractivity contribution >= 4 is 35.8 Å². The van der Waals surface area contributed by atoms with E-state index >= 15 is 0 Å². The van der Waals surface area contributed by atoms with Gasteiger partial charge in [-0.2, -0.15) is 0 Å². The van der Waals surface area contributed by atoms with E-state index in [1.54, 1.807) is 19.0 Å². The molecule has 0 unspecified atom stereocenters. The Kier molecular flexibility index (Phi) is 9.68. The van der Waals surface area contributed by atoms with Crippen molar-refractivity contribution < 1.29 is 4.79 Å². The van der Waals surface area contributed by atoms with E-state index in [1.807, 2.05) is 24.3 Å². The van der Waals surface area contributed by atoms with Crippen LogP contribution in [0.2, 0.25) is 0 Å². The quantitative estimate of drug-likeness (QED) is 0.287. The smallest absolute Gasteiger partial charge is 0.253 e. The Morgan fingerprint density at radius 3 is 2.34 bits per heavy atom. The second-order valence-corrected chi connectivity index (χ2v) is 8.19. The van der Waals surface area contributed by atoms with E-state index in [0.29, 0.717) is 12.1 Å². The standard InChI is InChI=1S/C22H35N5O.HI/c1-4-23-22(24-13-14-27(20-11-12-20)16-18-5-6-18)25-15-17-7-9-19(10-8-17)21(28)26(2)3;/h7-10,18,20H,4-6,11-16H2,1-3H3,(H2,23,24,25);1H. The molecule has 0 aromatic heterocycles. The topological polar surface area (TPSA) is 60.0 Å². The second kappa shape index (κ2) is 11.7. The molecule has 1 aromatic carbocycles. The molecule has 2 N–H and O–H groups in total. The Balaban J connectivity index is 0.00000300. The average Bonchev–Trinajstić information content (AvgIpc) is 3.59. The van der Waals surface area contributed by atoms with E-state index in [-0.39, 0.29) is 29.9 Å². The third kappa shape index (κ3) is 8.12. The van der Waals surface area contributed by atoms with Gasteiger partial charge < -0.3 is 15.5 Å². The lowest BCUT2D eigenvalue weighted by atomic mass is 10.1. The van der Waals surface area contributed by atoms with Crippen LogP contribution in [0.1, 0.15) is 48.5 Å². The summed E-state index contributed by atoms with van der Waals surface area (Å²) in [5.41, 5.74) is 1.81. The largest absolute Gasteiger partial charge is 0.357 e. The van der Waals surface area contributed by atoms with Gasteiger partial charge >= 0.3 is 0 Å². The highest BCUT2D eigenvalue weighted by atomic mass is 127. The fourth-order valence-electron chi connectivity index (χ4n) is 3.34. The molecule has 0 bridgehead atoms. The molecule has 2 aliphatic rings. The van der Waals surface area contributed by atoms with Crippen LogP contribution >= 0.6 is 24.0 Å². The molecule has 2 saturated carbocycles. The highest BCUT2D eigenvalue weighted by molar-refractivity contribution is 14.0. The summed E-state index contributed by atoms with van der Waals surface area (Å²) in [6, 6.07) is 8.53. The van der Waals surface area contributed by atoms with Gasteiger partial charge in [0.1, 0.15) is 0 Å². The van der Waals surface area contributed by atoms with Crippen molar-refractivity contribution in [3.05, 3.63) is 35.4 Å². The fourth-order valence-corrected chi connectivity index (χ4v) is 3.34. The van der Waals surface area contributed by atoms with Crippen LogP contribution in [0.15, 0.2) is 29.3 Å². The monoisotopic (exact) mass is 513 g/mol. The maximum absolute atomic E-state index is 12.0. The number of nitrogens with one attached hydrogen (secondary N) is 2. The number of rotatable bonds is 10. The number of benzene rings is 1. The summed E-state index contributed by atoms with van der Waals surface area (Å²) in [7, 11) is 3.54.